The minimum Gasteiger partial charge on any atom is -0.311 e. The van der Waals surface area contributed by atoms with Crippen LogP contribution < -0.4 is 10.5 Å². The Kier molecular flexibility index (Phi) is 7.26. The summed E-state index contributed by atoms with van der Waals surface area (Å²) >= 11 is 0. The van der Waals surface area contributed by atoms with Gasteiger partial charge in [0.15, 0.2) is 11.6 Å². The van der Waals surface area contributed by atoms with E-state index in [0.29, 0.717) is 0 Å². The number of hydrogen-bond acceptors (Lipinski definition) is 4. The first-order valence-electron chi connectivity index (χ1n) is 9.11. The zero-order valence-electron chi connectivity index (χ0n) is 16.4. The third-order valence-electron chi connectivity index (χ3n) is 4.44. The van der Waals surface area contributed by atoms with E-state index in [4.69, 9.17) is 0 Å². The van der Waals surface area contributed by atoms with Gasteiger partial charge in [-0.15, -0.1) is 0 Å². The minimum absolute atomic E-state index is 0.107. The second-order valence-electron chi connectivity index (χ2n) is 6.16. The van der Waals surface area contributed by atoms with Crippen molar-refractivity contribution in [1.29, 1.82) is 0 Å². The normalized spacial score (nSPS) is 11.7. The molecule has 0 aliphatic carbocycles. The highest BCUT2D eigenvalue weighted by Gasteiger charge is 2.23. The summed E-state index contributed by atoms with van der Waals surface area (Å²) in [5.41, 5.74) is -0.422. The van der Waals surface area contributed by atoms with E-state index >= 15 is 0 Å². The van der Waals surface area contributed by atoms with E-state index in [0.717, 1.165) is 29.0 Å². The number of hydrogen-bond donors (Lipinski definition) is 0. The first-order valence-corrected chi connectivity index (χ1v) is 10.6. The van der Waals surface area contributed by atoms with Crippen LogP contribution in [-0.4, -0.2) is 42.8 Å². The Morgan fingerprint density at radius 1 is 1.00 bits per heavy atom. The summed E-state index contributed by atoms with van der Waals surface area (Å²) in [5, 5.41) is 0. The Bertz CT molecular complexity index is 1050. The van der Waals surface area contributed by atoms with Crippen LogP contribution in [0.2, 0.25) is 0 Å². The quantitative estimate of drug-likeness (QED) is 0.647. The van der Waals surface area contributed by atoms with Crippen LogP contribution in [0, 0.1) is 11.6 Å². The van der Waals surface area contributed by atoms with E-state index in [9.17, 15) is 26.8 Å². The molecule has 0 saturated carbocycles. The number of likely N-dealkylation sites (N-methyl/N-ethyl adjacent to an activating group) is 1. The van der Waals surface area contributed by atoms with Gasteiger partial charge in [-0.1, -0.05) is 13.8 Å². The number of nitrogens with zero attached hydrogens (tertiary/aromatic N) is 3. The molecule has 0 saturated heterocycles. The summed E-state index contributed by atoms with van der Waals surface area (Å²) < 4.78 is 54.2. The highest BCUT2D eigenvalue weighted by molar-refractivity contribution is 7.89. The topological polar surface area (TPSA) is 79.7 Å². The average Bonchev–Trinajstić information content (AvgIpc) is 2.67. The maximum atomic E-state index is 13.5. The van der Waals surface area contributed by atoms with Crippen molar-refractivity contribution in [1.82, 2.24) is 8.87 Å². The van der Waals surface area contributed by atoms with Crippen LogP contribution in [0.4, 0.5) is 14.5 Å². The summed E-state index contributed by atoms with van der Waals surface area (Å²) in [5.74, 6) is -2.71. The number of carbonyl (C=O) groups is 1. The SMILES string of the molecule is CCN(C(=O)Cn1cc(S(=O)(=O)N(CC)CC)ccc1=O)c1ccc(F)c(F)c1. The third-order valence-corrected chi connectivity index (χ3v) is 6.47. The second-order valence-corrected chi connectivity index (χ2v) is 8.09. The molecule has 0 spiro atoms. The van der Waals surface area contributed by atoms with Gasteiger partial charge in [0, 0.05) is 43.7 Å². The molecular weight excluding hydrogens is 404 g/mol. The molecule has 1 amide bonds. The maximum Gasteiger partial charge on any atom is 0.251 e. The molecule has 29 heavy (non-hydrogen) atoms. The fraction of sp³-hybridized carbons (Fsp3) is 0.368. The number of carbonyl (C=O) groups excluding carboxylic acids is 1. The number of pyridine rings is 1. The lowest BCUT2D eigenvalue weighted by molar-refractivity contribution is -0.119. The number of halogens is 2. The van der Waals surface area contributed by atoms with Crippen LogP contribution in [0.5, 0.6) is 0 Å². The molecule has 1 heterocycles. The van der Waals surface area contributed by atoms with Crippen molar-refractivity contribution in [2.24, 2.45) is 0 Å². The molecule has 0 radical (unpaired) electrons. The fourth-order valence-electron chi connectivity index (χ4n) is 2.89. The van der Waals surface area contributed by atoms with Gasteiger partial charge >= 0.3 is 0 Å². The second kappa shape index (κ2) is 9.27. The molecule has 0 aliphatic heterocycles. The largest absolute Gasteiger partial charge is 0.311 e. The lowest BCUT2D eigenvalue weighted by Crippen LogP contribution is -2.37. The molecule has 0 unspecified atom stereocenters. The molecule has 1 aromatic heterocycles. The molecule has 7 nitrogen and oxygen atoms in total. The van der Waals surface area contributed by atoms with E-state index in [1.807, 2.05) is 0 Å². The van der Waals surface area contributed by atoms with Crippen molar-refractivity contribution < 1.29 is 22.0 Å². The molecule has 0 aliphatic rings. The van der Waals surface area contributed by atoms with Crippen molar-refractivity contribution in [3.63, 3.8) is 0 Å². The molecule has 10 heteroatoms. The summed E-state index contributed by atoms with van der Waals surface area (Å²) in [4.78, 5) is 25.9. The number of anilines is 1. The van der Waals surface area contributed by atoms with E-state index in [-0.39, 0.29) is 30.2 Å². The van der Waals surface area contributed by atoms with Crippen LogP contribution in [0.3, 0.4) is 0 Å². The third kappa shape index (κ3) is 4.88. The highest BCUT2D eigenvalue weighted by Crippen LogP contribution is 2.19. The van der Waals surface area contributed by atoms with Gasteiger partial charge in [-0.2, -0.15) is 4.31 Å². The van der Waals surface area contributed by atoms with Crippen molar-refractivity contribution >= 4 is 21.6 Å². The van der Waals surface area contributed by atoms with Gasteiger partial charge in [0.05, 0.1) is 4.90 Å². The highest BCUT2D eigenvalue weighted by atomic mass is 32.2. The Balaban J connectivity index is 2.36. The molecule has 2 aromatic rings. The van der Waals surface area contributed by atoms with Gasteiger partial charge < -0.3 is 9.47 Å². The molecule has 158 valence electrons. The van der Waals surface area contributed by atoms with E-state index in [2.05, 4.69) is 0 Å². The fourth-order valence-corrected chi connectivity index (χ4v) is 4.36. The van der Waals surface area contributed by atoms with Gasteiger partial charge in [0.2, 0.25) is 15.9 Å². The molecule has 0 fully saturated rings. The van der Waals surface area contributed by atoms with Gasteiger partial charge in [-0.25, -0.2) is 17.2 Å². The monoisotopic (exact) mass is 427 g/mol. The predicted molar refractivity (Wildman–Crippen MR) is 105 cm³/mol. The van der Waals surface area contributed by atoms with Crippen LogP contribution in [0.1, 0.15) is 20.8 Å². The van der Waals surface area contributed by atoms with E-state index < -0.39 is 39.7 Å². The average molecular weight is 427 g/mol. The summed E-state index contributed by atoms with van der Waals surface area (Å²) in [6.07, 6.45) is 1.12. The van der Waals surface area contributed by atoms with Crippen molar-refractivity contribution in [3.05, 3.63) is 58.5 Å². The summed E-state index contributed by atoms with van der Waals surface area (Å²) in [7, 11) is -3.81. The van der Waals surface area contributed by atoms with E-state index in [1.165, 1.54) is 21.3 Å². The summed E-state index contributed by atoms with van der Waals surface area (Å²) in [6, 6.07) is 5.33. The Morgan fingerprint density at radius 3 is 2.21 bits per heavy atom. The van der Waals surface area contributed by atoms with Crippen molar-refractivity contribution in [2.45, 2.75) is 32.2 Å². The molecule has 0 bridgehead atoms. The molecule has 1 aromatic carbocycles. The number of amides is 1. The Hall–Kier alpha value is -2.59. The van der Waals surface area contributed by atoms with Gasteiger partial charge in [-0.3, -0.25) is 9.59 Å². The van der Waals surface area contributed by atoms with Gasteiger partial charge in [0.25, 0.3) is 5.56 Å². The molecule has 0 atom stereocenters. The lowest BCUT2D eigenvalue weighted by atomic mass is 10.2. The standard InChI is InChI=1S/C19H23F2N3O4S/c1-4-23(5-2)29(27,28)15-8-10-18(25)22(12-15)13-19(26)24(6-3)14-7-9-16(20)17(21)11-14/h7-12H,4-6,13H2,1-3H3. The van der Waals surface area contributed by atoms with Crippen LogP contribution >= 0.6 is 0 Å². The minimum atomic E-state index is -3.81. The Labute approximate surface area is 168 Å². The Morgan fingerprint density at radius 2 is 1.66 bits per heavy atom. The first-order chi connectivity index (χ1) is 13.6. The van der Waals surface area contributed by atoms with Crippen molar-refractivity contribution in [2.75, 3.05) is 24.5 Å². The molecular formula is C19H23F2N3O4S. The van der Waals surface area contributed by atoms with Gasteiger partial charge in [-0.05, 0) is 25.1 Å². The maximum absolute atomic E-state index is 13.5. The number of aromatic nitrogens is 1. The van der Waals surface area contributed by atoms with Crippen LogP contribution in [-0.2, 0) is 21.4 Å². The molecule has 0 N–H and O–H groups in total. The van der Waals surface area contributed by atoms with Crippen molar-refractivity contribution in [3.8, 4) is 0 Å². The van der Waals surface area contributed by atoms with E-state index in [1.54, 1.807) is 20.8 Å². The number of rotatable bonds is 8. The van der Waals surface area contributed by atoms with Crippen LogP contribution in [0.25, 0.3) is 0 Å². The van der Waals surface area contributed by atoms with Crippen LogP contribution in [0.15, 0.2) is 46.2 Å². The van der Waals surface area contributed by atoms with Gasteiger partial charge in [0.1, 0.15) is 6.54 Å². The lowest BCUT2D eigenvalue weighted by Gasteiger charge is -2.22. The predicted octanol–water partition coefficient (Wildman–Crippen LogP) is 2.21. The first kappa shape index (κ1) is 22.7. The smallest absolute Gasteiger partial charge is 0.251 e. The zero-order valence-corrected chi connectivity index (χ0v) is 17.2. The zero-order chi connectivity index (χ0) is 21.8. The molecule has 2 rings (SSSR count). The number of sulfonamides is 1. The summed E-state index contributed by atoms with van der Waals surface area (Å²) in [6.45, 7) is 5.25. The number of benzene rings is 1.